The normalized spacial score (nSPS) is 26.6. The van der Waals surface area contributed by atoms with E-state index in [0.717, 1.165) is 0 Å². The number of piperidine rings is 1. The van der Waals surface area contributed by atoms with Crippen LogP contribution in [0.15, 0.2) is 18.3 Å². The predicted octanol–water partition coefficient (Wildman–Crippen LogP) is 0.460. The number of sulfonamides is 1. The van der Waals surface area contributed by atoms with Gasteiger partial charge in [-0.25, -0.2) is 17.7 Å². The summed E-state index contributed by atoms with van der Waals surface area (Å²) in [7, 11) is -0.105. The second kappa shape index (κ2) is 7.13. The lowest BCUT2D eigenvalue weighted by molar-refractivity contribution is 0.00340. The van der Waals surface area contributed by atoms with Gasteiger partial charge in [-0.1, -0.05) is 0 Å². The molecule has 3 heterocycles. The first-order chi connectivity index (χ1) is 12.3. The van der Waals surface area contributed by atoms with E-state index in [1.165, 1.54) is 23.9 Å². The third-order valence-corrected chi connectivity index (χ3v) is 6.70. The minimum absolute atomic E-state index is 0.0566. The summed E-state index contributed by atoms with van der Waals surface area (Å²) in [4.78, 5) is 18.7. The molecule has 2 aliphatic rings. The zero-order valence-corrected chi connectivity index (χ0v) is 16.2. The number of fused-ring (bicyclic) bond motifs is 1. The van der Waals surface area contributed by atoms with Crippen molar-refractivity contribution in [1.82, 2.24) is 14.2 Å². The first-order valence-electron chi connectivity index (χ1n) is 8.52. The Morgan fingerprint density at radius 1 is 1.35 bits per heavy atom. The third kappa shape index (κ3) is 3.56. The maximum absolute atomic E-state index is 12.8. The number of likely N-dealkylation sites (tertiary alicyclic amines) is 1. The first-order valence-corrected chi connectivity index (χ1v) is 10.4. The number of carbonyl (C=O) groups is 1. The van der Waals surface area contributed by atoms with Gasteiger partial charge in [-0.2, -0.15) is 0 Å². The lowest BCUT2D eigenvalue weighted by Gasteiger charge is -2.43. The van der Waals surface area contributed by atoms with Gasteiger partial charge in [0.1, 0.15) is 0 Å². The molecule has 1 aromatic rings. The Morgan fingerprint density at radius 3 is 2.69 bits per heavy atom. The van der Waals surface area contributed by atoms with Crippen molar-refractivity contribution in [3.05, 3.63) is 23.9 Å². The Labute approximate surface area is 154 Å². The zero-order valence-electron chi connectivity index (χ0n) is 15.3. The molecular weight excluding hydrogens is 358 g/mol. The topological polar surface area (TPSA) is 89.0 Å². The summed E-state index contributed by atoms with van der Waals surface area (Å²) in [5.41, 5.74) is 0.273. The number of nitrogens with zero attached hydrogens (tertiary/aromatic N) is 3. The molecule has 9 heteroatoms. The zero-order chi connectivity index (χ0) is 18.9. The monoisotopic (exact) mass is 383 g/mol. The number of amides is 1. The molecule has 3 rings (SSSR count). The summed E-state index contributed by atoms with van der Waals surface area (Å²) in [6, 6.07) is 3.36. The standard InChI is InChI=1S/C17H25N3O5S/c1-24-12-17-6-7-19(9-14(17)10-20(11-17)26(3,22)23)16(21)13-4-5-15(25-2)18-8-13/h4-5,8,14H,6-7,9-12H2,1-3H3. The molecule has 144 valence electrons. The third-order valence-electron chi connectivity index (χ3n) is 5.48. The summed E-state index contributed by atoms with van der Waals surface area (Å²) in [5.74, 6) is 0.420. The molecular formula is C17H25N3O5S. The quantitative estimate of drug-likeness (QED) is 0.734. The van der Waals surface area contributed by atoms with Crippen LogP contribution in [-0.4, -0.2) is 81.8 Å². The molecule has 2 unspecified atom stereocenters. The van der Waals surface area contributed by atoms with Gasteiger partial charge < -0.3 is 14.4 Å². The van der Waals surface area contributed by atoms with E-state index in [2.05, 4.69) is 4.98 Å². The van der Waals surface area contributed by atoms with Crippen LogP contribution in [0, 0.1) is 11.3 Å². The van der Waals surface area contributed by atoms with Gasteiger partial charge in [-0.15, -0.1) is 0 Å². The lowest BCUT2D eigenvalue weighted by atomic mass is 9.73. The first kappa shape index (κ1) is 19.1. The summed E-state index contributed by atoms with van der Waals surface area (Å²) in [6.45, 7) is 2.46. The minimum atomic E-state index is -3.26. The van der Waals surface area contributed by atoms with Gasteiger partial charge in [0.15, 0.2) is 0 Å². The van der Waals surface area contributed by atoms with Crippen LogP contribution < -0.4 is 4.74 Å². The maximum atomic E-state index is 12.8. The molecule has 8 nitrogen and oxygen atoms in total. The van der Waals surface area contributed by atoms with Crippen LogP contribution in [0.4, 0.5) is 0 Å². The largest absolute Gasteiger partial charge is 0.481 e. The number of rotatable bonds is 5. The molecule has 0 bridgehead atoms. The second-order valence-electron chi connectivity index (χ2n) is 7.14. The molecule has 2 aliphatic heterocycles. The highest BCUT2D eigenvalue weighted by Crippen LogP contribution is 2.44. The van der Waals surface area contributed by atoms with Crippen LogP contribution in [0.3, 0.4) is 0 Å². The van der Waals surface area contributed by atoms with Crippen molar-refractivity contribution in [3.8, 4) is 5.88 Å². The highest BCUT2D eigenvalue weighted by Gasteiger charge is 2.52. The lowest BCUT2D eigenvalue weighted by Crippen LogP contribution is -2.50. The van der Waals surface area contributed by atoms with E-state index in [1.807, 2.05) is 0 Å². The fourth-order valence-electron chi connectivity index (χ4n) is 4.00. The molecule has 2 saturated heterocycles. The van der Waals surface area contributed by atoms with E-state index in [-0.39, 0.29) is 17.2 Å². The van der Waals surface area contributed by atoms with Crippen LogP contribution in [-0.2, 0) is 14.8 Å². The minimum Gasteiger partial charge on any atom is -0.481 e. The van der Waals surface area contributed by atoms with Gasteiger partial charge >= 0.3 is 0 Å². The highest BCUT2D eigenvalue weighted by molar-refractivity contribution is 7.88. The van der Waals surface area contributed by atoms with Crippen LogP contribution in [0.25, 0.3) is 0 Å². The van der Waals surface area contributed by atoms with Gasteiger partial charge in [0.05, 0.1) is 25.5 Å². The second-order valence-corrected chi connectivity index (χ2v) is 9.12. The van der Waals surface area contributed by atoms with Crippen LogP contribution in [0.2, 0.25) is 0 Å². The number of aromatic nitrogens is 1. The van der Waals surface area contributed by atoms with Crippen molar-refractivity contribution in [3.63, 3.8) is 0 Å². The summed E-state index contributed by atoms with van der Waals surface area (Å²) < 4.78 is 36.0. The highest BCUT2D eigenvalue weighted by atomic mass is 32.2. The van der Waals surface area contributed by atoms with E-state index in [0.29, 0.717) is 50.7 Å². The van der Waals surface area contributed by atoms with Crippen LogP contribution in [0.5, 0.6) is 5.88 Å². The van der Waals surface area contributed by atoms with Gasteiger partial charge in [-0.05, 0) is 18.4 Å². The summed E-state index contributed by atoms with van der Waals surface area (Å²) in [5, 5.41) is 0. The maximum Gasteiger partial charge on any atom is 0.255 e. The molecule has 0 aliphatic carbocycles. The fourth-order valence-corrected chi connectivity index (χ4v) is 4.95. The van der Waals surface area contributed by atoms with Crippen LogP contribution >= 0.6 is 0 Å². The number of pyridine rings is 1. The molecule has 2 atom stereocenters. The number of ether oxygens (including phenoxy) is 2. The average molecular weight is 383 g/mol. The van der Waals surface area contributed by atoms with Crippen molar-refractivity contribution in [1.29, 1.82) is 0 Å². The van der Waals surface area contributed by atoms with Gasteiger partial charge in [0.25, 0.3) is 5.91 Å². The number of methoxy groups -OCH3 is 2. The van der Waals surface area contributed by atoms with Crippen molar-refractivity contribution in [2.45, 2.75) is 6.42 Å². The molecule has 0 N–H and O–H groups in total. The molecule has 2 fully saturated rings. The molecule has 1 aromatic heterocycles. The number of hydrogen-bond acceptors (Lipinski definition) is 6. The van der Waals surface area contributed by atoms with Crippen molar-refractivity contribution < 1.29 is 22.7 Å². The molecule has 0 aromatic carbocycles. The Kier molecular flexibility index (Phi) is 5.23. The SMILES string of the molecule is COCC12CCN(C(=O)c3ccc(OC)nc3)CC1CN(S(C)(=O)=O)C2. The Balaban J connectivity index is 1.77. The molecule has 0 radical (unpaired) electrons. The van der Waals surface area contributed by atoms with Crippen LogP contribution in [0.1, 0.15) is 16.8 Å². The Morgan fingerprint density at radius 2 is 2.12 bits per heavy atom. The smallest absolute Gasteiger partial charge is 0.255 e. The van der Waals surface area contributed by atoms with Gasteiger partial charge in [-0.3, -0.25) is 4.79 Å². The summed E-state index contributed by atoms with van der Waals surface area (Å²) in [6.07, 6.45) is 3.46. The van der Waals surface area contributed by atoms with Gasteiger partial charge in [0.2, 0.25) is 15.9 Å². The molecule has 0 saturated carbocycles. The number of hydrogen-bond donors (Lipinski definition) is 0. The number of carbonyl (C=O) groups excluding carboxylic acids is 1. The predicted molar refractivity (Wildman–Crippen MR) is 95.5 cm³/mol. The van der Waals surface area contributed by atoms with E-state index in [9.17, 15) is 13.2 Å². The average Bonchev–Trinajstić information content (AvgIpc) is 3.00. The Bertz CT molecular complexity index is 767. The van der Waals surface area contributed by atoms with E-state index < -0.39 is 10.0 Å². The molecule has 0 spiro atoms. The van der Waals surface area contributed by atoms with E-state index in [1.54, 1.807) is 24.1 Å². The molecule has 26 heavy (non-hydrogen) atoms. The summed E-state index contributed by atoms with van der Waals surface area (Å²) >= 11 is 0. The Hall–Kier alpha value is -1.71. The van der Waals surface area contributed by atoms with Crippen molar-refractivity contribution >= 4 is 15.9 Å². The van der Waals surface area contributed by atoms with Crippen molar-refractivity contribution in [2.75, 3.05) is 53.3 Å². The van der Waals surface area contributed by atoms with Crippen molar-refractivity contribution in [2.24, 2.45) is 11.3 Å². The van der Waals surface area contributed by atoms with E-state index in [4.69, 9.17) is 9.47 Å². The fraction of sp³-hybridized carbons (Fsp3) is 0.647. The molecule has 1 amide bonds. The van der Waals surface area contributed by atoms with E-state index >= 15 is 0 Å². The van der Waals surface area contributed by atoms with Gasteiger partial charge in [0, 0.05) is 51.0 Å².